The van der Waals surface area contributed by atoms with Crippen molar-refractivity contribution in [1.29, 1.82) is 0 Å². The van der Waals surface area contributed by atoms with Gasteiger partial charge in [0.25, 0.3) is 5.91 Å². The van der Waals surface area contributed by atoms with Gasteiger partial charge in [0, 0.05) is 32.6 Å². The van der Waals surface area contributed by atoms with Crippen LogP contribution in [0.2, 0.25) is 0 Å². The molecule has 0 bridgehead atoms. The third kappa shape index (κ3) is 5.12. The molecule has 0 aliphatic carbocycles. The molecule has 1 fully saturated rings. The molecular formula is C21H26N2O4. The highest BCUT2D eigenvalue weighted by molar-refractivity contribution is 5.91. The summed E-state index contributed by atoms with van der Waals surface area (Å²) >= 11 is 0. The second kappa shape index (κ2) is 9.26. The number of piperazine rings is 1. The van der Waals surface area contributed by atoms with Crippen LogP contribution in [0.1, 0.15) is 35.4 Å². The second-order valence-corrected chi connectivity index (χ2v) is 6.71. The van der Waals surface area contributed by atoms with E-state index in [2.05, 4.69) is 12.1 Å². The Bertz CT molecular complexity index is 732. The topological polar surface area (TPSA) is 63.0 Å². The highest BCUT2D eigenvalue weighted by Gasteiger charge is 2.25. The highest BCUT2D eigenvalue weighted by Crippen LogP contribution is 2.15. The molecule has 1 aliphatic rings. The summed E-state index contributed by atoms with van der Waals surface area (Å²) in [5.41, 5.74) is 1.26. The fourth-order valence-electron chi connectivity index (χ4n) is 3.27. The number of aryl methyl sites for hydroxylation is 1. The molecule has 0 spiro atoms. The number of carbonyl (C=O) groups excluding carboxylic acids is 2. The second-order valence-electron chi connectivity index (χ2n) is 6.71. The van der Waals surface area contributed by atoms with Crippen LogP contribution < -0.4 is 4.74 Å². The van der Waals surface area contributed by atoms with Gasteiger partial charge in [0.05, 0.1) is 13.4 Å². The average molecular weight is 370 g/mol. The van der Waals surface area contributed by atoms with Crippen molar-refractivity contribution in [2.45, 2.75) is 25.7 Å². The number of nitrogens with zero attached hydrogens (tertiary/aromatic N) is 2. The van der Waals surface area contributed by atoms with Crippen LogP contribution in [0.3, 0.4) is 0 Å². The molecule has 1 aliphatic heterocycles. The zero-order valence-electron chi connectivity index (χ0n) is 15.7. The zero-order chi connectivity index (χ0) is 19.1. The lowest BCUT2D eigenvalue weighted by Crippen LogP contribution is -2.50. The van der Waals surface area contributed by atoms with Crippen LogP contribution >= 0.6 is 0 Å². The maximum Gasteiger partial charge on any atom is 0.289 e. The van der Waals surface area contributed by atoms with E-state index >= 15 is 0 Å². The molecule has 2 aromatic rings. The largest absolute Gasteiger partial charge is 0.497 e. The molecule has 3 rings (SSSR count). The number of ether oxygens (including phenoxy) is 1. The molecule has 0 unspecified atom stereocenters. The van der Waals surface area contributed by atoms with E-state index in [-0.39, 0.29) is 11.8 Å². The van der Waals surface area contributed by atoms with Crippen molar-refractivity contribution in [2.75, 3.05) is 33.3 Å². The average Bonchev–Trinajstić information content (AvgIpc) is 3.26. The van der Waals surface area contributed by atoms with Gasteiger partial charge in [-0.15, -0.1) is 0 Å². The van der Waals surface area contributed by atoms with Gasteiger partial charge in [-0.2, -0.15) is 0 Å². The summed E-state index contributed by atoms with van der Waals surface area (Å²) in [6, 6.07) is 11.4. The minimum Gasteiger partial charge on any atom is -0.497 e. The van der Waals surface area contributed by atoms with Gasteiger partial charge in [0.1, 0.15) is 5.75 Å². The molecule has 0 radical (unpaired) electrons. The minimum atomic E-state index is -0.105. The lowest BCUT2D eigenvalue weighted by molar-refractivity contribution is -0.132. The summed E-state index contributed by atoms with van der Waals surface area (Å²) in [4.78, 5) is 28.2. The Hall–Kier alpha value is -2.76. The lowest BCUT2D eigenvalue weighted by atomic mass is 10.1. The van der Waals surface area contributed by atoms with E-state index in [0.717, 1.165) is 25.0 Å². The molecule has 2 heterocycles. The maximum absolute atomic E-state index is 12.4. The number of furan rings is 1. The number of benzene rings is 1. The third-order valence-corrected chi connectivity index (χ3v) is 4.92. The van der Waals surface area contributed by atoms with Crippen molar-refractivity contribution >= 4 is 11.8 Å². The van der Waals surface area contributed by atoms with E-state index in [4.69, 9.17) is 9.15 Å². The third-order valence-electron chi connectivity index (χ3n) is 4.92. The van der Waals surface area contributed by atoms with Crippen LogP contribution in [-0.2, 0) is 11.2 Å². The molecule has 1 aromatic heterocycles. The molecule has 1 saturated heterocycles. The van der Waals surface area contributed by atoms with Crippen LogP contribution in [0.25, 0.3) is 0 Å². The van der Waals surface area contributed by atoms with Gasteiger partial charge >= 0.3 is 0 Å². The first-order valence-corrected chi connectivity index (χ1v) is 9.41. The Kier molecular flexibility index (Phi) is 6.52. The molecule has 144 valence electrons. The molecular weight excluding hydrogens is 344 g/mol. The summed E-state index contributed by atoms with van der Waals surface area (Å²) in [5.74, 6) is 1.29. The summed E-state index contributed by atoms with van der Waals surface area (Å²) in [6.07, 6.45) is 4.87. The molecule has 0 saturated carbocycles. The molecule has 0 N–H and O–H groups in total. The molecule has 1 aromatic carbocycles. The summed E-state index contributed by atoms with van der Waals surface area (Å²) < 4.78 is 10.3. The predicted octanol–water partition coefficient (Wildman–Crippen LogP) is 2.99. The van der Waals surface area contributed by atoms with Gasteiger partial charge < -0.3 is 19.0 Å². The van der Waals surface area contributed by atoms with Crippen molar-refractivity contribution in [3.63, 3.8) is 0 Å². The van der Waals surface area contributed by atoms with Gasteiger partial charge in [-0.1, -0.05) is 12.1 Å². The van der Waals surface area contributed by atoms with E-state index < -0.39 is 0 Å². The number of amides is 2. The van der Waals surface area contributed by atoms with Crippen LogP contribution in [0.4, 0.5) is 0 Å². The maximum atomic E-state index is 12.4. The zero-order valence-corrected chi connectivity index (χ0v) is 15.7. The Balaban J connectivity index is 1.35. The monoisotopic (exact) mass is 370 g/mol. The molecule has 6 heteroatoms. The Morgan fingerprint density at radius 3 is 2.33 bits per heavy atom. The fraction of sp³-hybridized carbons (Fsp3) is 0.429. The van der Waals surface area contributed by atoms with Crippen molar-refractivity contribution in [3.05, 3.63) is 54.0 Å². The number of hydrogen-bond donors (Lipinski definition) is 0. The normalized spacial score (nSPS) is 14.3. The fourth-order valence-corrected chi connectivity index (χ4v) is 3.27. The van der Waals surface area contributed by atoms with Crippen molar-refractivity contribution in [3.8, 4) is 5.75 Å². The van der Waals surface area contributed by atoms with Crippen molar-refractivity contribution in [2.24, 2.45) is 0 Å². The summed E-state index contributed by atoms with van der Waals surface area (Å²) in [7, 11) is 1.66. The van der Waals surface area contributed by atoms with E-state index in [0.29, 0.717) is 38.4 Å². The quantitative estimate of drug-likeness (QED) is 0.703. The van der Waals surface area contributed by atoms with E-state index in [9.17, 15) is 9.59 Å². The van der Waals surface area contributed by atoms with E-state index in [1.165, 1.54) is 11.8 Å². The number of rotatable bonds is 7. The Labute approximate surface area is 159 Å². The molecule has 2 amide bonds. The van der Waals surface area contributed by atoms with Crippen LogP contribution in [-0.4, -0.2) is 54.9 Å². The summed E-state index contributed by atoms with van der Waals surface area (Å²) in [6.45, 7) is 2.28. The first-order chi connectivity index (χ1) is 13.2. The molecule has 0 atom stereocenters. The van der Waals surface area contributed by atoms with Crippen LogP contribution in [0.15, 0.2) is 47.1 Å². The molecule has 27 heavy (non-hydrogen) atoms. The lowest BCUT2D eigenvalue weighted by Gasteiger charge is -2.34. The standard InChI is InChI=1S/C21H26N2O4/c1-26-18-10-8-17(9-11-18)5-2-3-7-20(24)22-12-14-23(15-13-22)21(25)19-6-4-16-27-19/h4,6,8-11,16H,2-3,5,7,12-15H2,1H3. The van der Waals surface area contributed by atoms with Gasteiger partial charge in [0.2, 0.25) is 5.91 Å². The predicted molar refractivity (Wildman–Crippen MR) is 102 cm³/mol. The van der Waals surface area contributed by atoms with E-state index in [1.54, 1.807) is 24.1 Å². The number of hydrogen-bond acceptors (Lipinski definition) is 4. The number of methoxy groups -OCH3 is 1. The Morgan fingerprint density at radius 2 is 1.70 bits per heavy atom. The highest BCUT2D eigenvalue weighted by atomic mass is 16.5. The number of unbranched alkanes of at least 4 members (excludes halogenated alkanes) is 1. The van der Waals surface area contributed by atoms with Gasteiger partial charge in [-0.25, -0.2) is 0 Å². The van der Waals surface area contributed by atoms with Gasteiger partial charge in [-0.3, -0.25) is 9.59 Å². The van der Waals surface area contributed by atoms with Crippen LogP contribution in [0.5, 0.6) is 5.75 Å². The Morgan fingerprint density at radius 1 is 1.00 bits per heavy atom. The summed E-state index contributed by atoms with van der Waals surface area (Å²) in [5, 5.41) is 0. The van der Waals surface area contributed by atoms with Crippen molar-refractivity contribution in [1.82, 2.24) is 9.80 Å². The SMILES string of the molecule is COc1ccc(CCCCC(=O)N2CCN(C(=O)c3ccco3)CC2)cc1. The van der Waals surface area contributed by atoms with E-state index in [1.807, 2.05) is 17.0 Å². The minimum absolute atomic E-state index is 0.105. The first kappa shape index (κ1) is 19.0. The van der Waals surface area contributed by atoms with Crippen molar-refractivity contribution < 1.29 is 18.7 Å². The number of carbonyl (C=O) groups is 2. The van der Waals surface area contributed by atoms with Gasteiger partial charge in [-0.05, 0) is 49.1 Å². The smallest absolute Gasteiger partial charge is 0.289 e. The molecule has 6 nitrogen and oxygen atoms in total. The van der Waals surface area contributed by atoms with Gasteiger partial charge in [0.15, 0.2) is 5.76 Å². The van der Waals surface area contributed by atoms with Crippen LogP contribution in [0, 0.1) is 0 Å². The first-order valence-electron chi connectivity index (χ1n) is 9.41.